The molecule has 8 heteroatoms. The van der Waals surface area contributed by atoms with Crippen LogP contribution < -0.4 is 20.7 Å². The summed E-state index contributed by atoms with van der Waals surface area (Å²) in [6.45, 7) is 4.62. The van der Waals surface area contributed by atoms with Crippen molar-refractivity contribution in [2.24, 2.45) is 5.92 Å². The van der Waals surface area contributed by atoms with E-state index in [1.165, 1.54) is 0 Å². The molecule has 1 N–H and O–H groups in total. The fourth-order valence-electron chi connectivity index (χ4n) is 6.29. The molecule has 2 aromatic heterocycles. The Labute approximate surface area is 219 Å². The third kappa shape index (κ3) is 3.96. The van der Waals surface area contributed by atoms with Gasteiger partial charge in [0.2, 0.25) is 0 Å². The van der Waals surface area contributed by atoms with E-state index in [2.05, 4.69) is 4.90 Å². The number of nitrogens with zero attached hydrogens (tertiary/aromatic N) is 2. The molecule has 0 unspecified atom stereocenters. The lowest BCUT2D eigenvalue weighted by Gasteiger charge is -2.42. The Hall–Kier alpha value is -4.04. The number of piperidine rings is 1. The molecule has 2 aromatic carbocycles. The van der Waals surface area contributed by atoms with Crippen LogP contribution in [0.3, 0.4) is 0 Å². The molecule has 8 nitrogen and oxygen atoms in total. The average Bonchev–Trinajstić information content (AvgIpc) is 2.91. The zero-order valence-corrected chi connectivity index (χ0v) is 21.7. The van der Waals surface area contributed by atoms with Crippen LogP contribution in [0.15, 0.2) is 62.5 Å². The number of phenols is 1. The highest BCUT2D eigenvalue weighted by Gasteiger charge is 2.35. The minimum absolute atomic E-state index is 0.0554. The van der Waals surface area contributed by atoms with E-state index < -0.39 is 5.63 Å². The number of rotatable bonds is 5. The molecular weight excluding hydrogens is 484 g/mol. The monoisotopic (exact) mass is 514 g/mol. The van der Waals surface area contributed by atoms with E-state index in [0.29, 0.717) is 52.8 Å². The molecule has 0 spiro atoms. The van der Waals surface area contributed by atoms with E-state index in [-0.39, 0.29) is 17.2 Å². The largest absolute Gasteiger partial charge is 0.507 e. The second-order valence-corrected chi connectivity index (χ2v) is 10.3. The molecule has 2 bridgehead atoms. The predicted molar refractivity (Wildman–Crippen MR) is 144 cm³/mol. The number of aryl methyl sites for hydroxylation is 1. The van der Waals surface area contributed by atoms with Gasteiger partial charge in [0.1, 0.15) is 11.3 Å². The van der Waals surface area contributed by atoms with Crippen LogP contribution in [0.4, 0.5) is 0 Å². The second kappa shape index (κ2) is 9.36. The zero-order valence-electron chi connectivity index (χ0n) is 21.7. The van der Waals surface area contributed by atoms with E-state index in [4.69, 9.17) is 13.9 Å². The molecule has 4 aromatic rings. The smallest absolute Gasteiger partial charge is 0.344 e. The van der Waals surface area contributed by atoms with Gasteiger partial charge < -0.3 is 23.6 Å². The fourth-order valence-corrected chi connectivity index (χ4v) is 6.29. The molecule has 6 rings (SSSR count). The van der Waals surface area contributed by atoms with E-state index in [1.807, 2.05) is 29.7 Å². The Bertz CT molecular complexity index is 1670. The lowest BCUT2D eigenvalue weighted by molar-refractivity contribution is 0.113. The molecule has 2 atom stereocenters. The molecule has 38 heavy (non-hydrogen) atoms. The molecule has 4 heterocycles. The van der Waals surface area contributed by atoms with E-state index >= 15 is 0 Å². The number of aromatic hydroxyl groups is 1. The van der Waals surface area contributed by atoms with Crippen LogP contribution in [0.25, 0.3) is 22.1 Å². The van der Waals surface area contributed by atoms with Gasteiger partial charge in [0.05, 0.1) is 25.3 Å². The van der Waals surface area contributed by atoms with Crippen molar-refractivity contribution in [3.63, 3.8) is 0 Å². The van der Waals surface area contributed by atoms with Crippen LogP contribution >= 0.6 is 0 Å². The number of aromatic nitrogens is 1. The minimum Gasteiger partial charge on any atom is -0.507 e. The summed E-state index contributed by atoms with van der Waals surface area (Å²) >= 11 is 0. The number of phenolic OH excluding ortho intramolecular Hbond substituents is 1. The SMILES string of the molecule is COc1ccc(-c2c(C)c3ccc(O)c(CN4C[C@H]5C[C@@H](C4)c4cccc(=O)n4C5)c3oc2=O)cc1OC. The number of pyridine rings is 1. The maximum atomic E-state index is 13.3. The number of methoxy groups -OCH3 is 2. The first-order chi connectivity index (χ1) is 18.4. The van der Waals surface area contributed by atoms with Gasteiger partial charge in [-0.15, -0.1) is 0 Å². The molecule has 196 valence electrons. The van der Waals surface area contributed by atoms with Crippen LogP contribution in [-0.2, 0) is 13.1 Å². The Balaban J connectivity index is 1.38. The number of ether oxygens (including phenoxy) is 2. The normalized spacial score (nSPS) is 18.8. The Morgan fingerprint density at radius 3 is 2.61 bits per heavy atom. The van der Waals surface area contributed by atoms with Crippen molar-refractivity contribution in [2.75, 3.05) is 27.3 Å². The Kier molecular flexibility index (Phi) is 5.99. The first-order valence-corrected chi connectivity index (χ1v) is 12.8. The van der Waals surface area contributed by atoms with Gasteiger partial charge in [-0.1, -0.05) is 12.1 Å². The van der Waals surface area contributed by atoms with Gasteiger partial charge in [0.25, 0.3) is 5.56 Å². The third-order valence-corrected chi connectivity index (χ3v) is 8.02. The maximum absolute atomic E-state index is 13.3. The van der Waals surface area contributed by atoms with Crippen molar-refractivity contribution in [3.05, 3.63) is 86.1 Å². The highest BCUT2D eigenvalue weighted by Crippen LogP contribution is 2.39. The molecule has 2 aliphatic heterocycles. The van der Waals surface area contributed by atoms with Crippen LogP contribution in [-0.4, -0.2) is 41.9 Å². The molecule has 1 fully saturated rings. The highest BCUT2D eigenvalue weighted by molar-refractivity contribution is 5.90. The topological polar surface area (TPSA) is 94.1 Å². The van der Waals surface area contributed by atoms with Crippen LogP contribution in [0.1, 0.15) is 29.2 Å². The van der Waals surface area contributed by atoms with Crippen molar-refractivity contribution in [1.82, 2.24) is 9.47 Å². The first-order valence-electron chi connectivity index (χ1n) is 12.8. The quantitative estimate of drug-likeness (QED) is 0.398. The van der Waals surface area contributed by atoms with Gasteiger partial charge in [0.15, 0.2) is 11.5 Å². The number of hydrogen-bond donors (Lipinski definition) is 1. The number of fused-ring (bicyclic) bond motifs is 5. The van der Waals surface area contributed by atoms with Gasteiger partial charge in [-0.3, -0.25) is 9.69 Å². The van der Waals surface area contributed by atoms with Crippen LogP contribution in [0, 0.1) is 12.8 Å². The van der Waals surface area contributed by atoms with Crippen molar-refractivity contribution >= 4 is 11.0 Å². The number of benzene rings is 2. The van der Waals surface area contributed by atoms with E-state index in [9.17, 15) is 14.7 Å². The van der Waals surface area contributed by atoms with Crippen LogP contribution in [0.2, 0.25) is 0 Å². The van der Waals surface area contributed by atoms with E-state index in [0.717, 1.165) is 36.2 Å². The molecule has 2 aliphatic rings. The molecule has 0 saturated carbocycles. The fraction of sp³-hybridized carbons (Fsp3) is 0.333. The minimum atomic E-state index is -0.474. The Morgan fingerprint density at radius 1 is 1.00 bits per heavy atom. The van der Waals surface area contributed by atoms with Gasteiger partial charge in [-0.2, -0.15) is 0 Å². The average molecular weight is 515 g/mol. The predicted octanol–water partition coefficient (Wildman–Crippen LogP) is 4.27. The summed E-state index contributed by atoms with van der Waals surface area (Å²) in [6.07, 6.45) is 1.05. The van der Waals surface area contributed by atoms with Crippen molar-refractivity contribution in [1.29, 1.82) is 0 Å². The summed E-state index contributed by atoms with van der Waals surface area (Å²) in [6, 6.07) is 14.3. The molecule has 0 aliphatic carbocycles. The zero-order chi connectivity index (χ0) is 26.6. The lowest BCUT2D eigenvalue weighted by atomic mass is 9.83. The first kappa shape index (κ1) is 24.3. The number of likely N-dealkylation sites (tertiary alicyclic amines) is 1. The van der Waals surface area contributed by atoms with Gasteiger partial charge >= 0.3 is 5.63 Å². The lowest BCUT2D eigenvalue weighted by Crippen LogP contribution is -2.46. The summed E-state index contributed by atoms with van der Waals surface area (Å²) in [5, 5.41) is 11.6. The third-order valence-electron chi connectivity index (χ3n) is 8.02. The van der Waals surface area contributed by atoms with Gasteiger partial charge in [-0.25, -0.2) is 4.79 Å². The number of hydrogen-bond acceptors (Lipinski definition) is 7. The molecule has 0 amide bonds. The van der Waals surface area contributed by atoms with Crippen molar-refractivity contribution in [3.8, 4) is 28.4 Å². The Morgan fingerprint density at radius 2 is 1.82 bits per heavy atom. The maximum Gasteiger partial charge on any atom is 0.344 e. The van der Waals surface area contributed by atoms with E-state index in [1.54, 1.807) is 44.6 Å². The highest BCUT2D eigenvalue weighted by atomic mass is 16.5. The van der Waals surface area contributed by atoms with Gasteiger partial charge in [-0.05, 0) is 60.7 Å². The molecule has 1 saturated heterocycles. The summed E-state index contributed by atoms with van der Waals surface area (Å²) < 4.78 is 18.6. The van der Waals surface area contributed by atoms with Crippen molar-refractivity contribution < 1.29 is 19.0 Å². The summed E-state index contributed by atoms with van der Waals surface area (Å²) in [5.74, 6) is 1.80. The summed E-state index contributed by atoms with van der Waals surface area (Å²) in [4.78, 5) is 28.0. The molecular formula is C30H30N2O6. The summed E-state index contributed by atoms with van der Waals surface area (Å²) in [7, 11) is 3.12. The van der Waals surface area contributed by atoms with Crippen molar-refractivity contribution in [2.45, 2.75) is 32.4 Å². The summed E-state index contributed by atoms with van der Waals surface area (Å²) in [5.41, 5.74) is 3.55. The molecule has 0 radical (unpaired) electrons. The standard InChI is InChI=1S/C30H30N2O6/c1-17-21-8-9-24(33)22(16-31-13-18-11-20(15-31)23-5-4-6-27(34)32(23)14-18)29(21)38-30(35)28(17)19-7-10-25(36-2)26(12-19)37-3/h4-10,12,18,20,33H,11,13-16H2,1-3H3/t18-,20+/m1/s1. The van der Waals surface area contributed by atoms with Crippen LogP contribution in [0.5, 0.6) is 17.2 Å². The second-order valence-electron chi connectivity index (χ2n) is 10.3. The van der Waals surface area contributed by atoms with Gasteiger partial charge in [0, 0.05) is 49.2 Å².